The standard InChI is InChI=1S/C17H26N4O/c1-4-12(5-2)14-10-16-20(6-3)15(13-8-7-9-18-13)11-17(22)21(16)19-14/h10-13,18H,4-9H2,1-3H3. The smallest absolute Gasteiger partial charge is 0.274 e. The van der Waals surface area contributed by atoms with Gasteiger partial charge in [-0.3, -0.25) is 4.79 Å². The molecule has 1 aliphatic rings. The number of nitrogens with zero attached hydrogens (tertiary/aromatic N) is 3. The van der Waals surface area contributed by atoms with Gasteiger partial charge in [0.05, 0.1) is 5.69 Å². The van der Waals surface area contributed by atoms with Crippen LogP contribution in [-0.4, -0.2) is 20.7 Å². The molecule has 3 heterocycles. The zero-order valence-electron chi connectivity index (χ0n) is 13.8. The summed E-state index contributed by atoms with van der Waals surface area (Å²) in [6.07, 6.45) is 4.38. The second kappa shape index (κ2) is 6.24. The molecule has 5 heteroatoms. The molecule has 0 spiro atoms. The molecule has 0 bridgehead atoms. The van der Waals surface area contributed by atoms with Crippen LogP contribution in [0.1, 0.15) is 69.8 Å². The summed E-state index contributed by atoms with van der Waals surface area (Å²) >= 11 is 0. The van der Waals surface area contributed by atoms with Crippen molar-refractivity contribution in [1.82, 2.24) is 19.5 Å². The Balaban J connectivity index is 2.17. The van der Waals surface area contributed by atoms with Gasteiger partial charge in [-0.25, -0.2) is 0 Å². The third kappa shape index (κ3) is 2.47. The molecule has 1 saturated heterocycles. The summed E-state index contributed by atoms with van der Waals surface area (Å²) in [5.74, 6) is 0.428. The second-order valence-corrected chi connectivity index (χ2v) is 6.15. The Morgan fingerprint density at radius 1 is 1.32 bits per heavy atom. The Morgan fingerprint density at radius 3 is 2.68 bits per heavy atom. The van der Waals surface area contributed by atoms with E-state index >= 15 is 0 Å². The van der Waals surface area contributed by atoms with Gasteiger partial charge in [-0.1, -0.05) is 13.8 Å². The van der Waals surface area contributed by atoms with E-state index in [1.54, 1.807) is 10.6 Å². The molecular weight excluding hydrogens is 276 g/mol. The quantitative estimate of drug-likeness (QED) is 0.924. The van der Waals surface area contributed by atoms with Crippen molar-refractivity contribution in [3.05, 3.63) is 33.9 Å². The van der Waals surface area contributed by atoms with Gasteiger partial charge in [0, 0.05) is 36.3 Å². The maximum absolute atomic E-state index is 12.5. The van der Waals surface area contributed by atoms with E-state index in [-0.39, 0.29) is 5.56 Å². The minimum absolute atomic E-state index is 0.0133. The average molecular weight is 302 g/mol. The van der Waals surface area contributed by atoms with Crippen LogP contribution in [0.3, 0.4) is 0 Å². The largest absolute Gasteiger partial charge is 0.328 e. The molecule has 22 heavy (non-hydrogen) atoms. The van der Waals surface area contributed by atoms with Crippen LogP contribution in [0.5, 0.6) is 0 Å². The molecule has 120 valence electrons. The number of aromatic nitrogens is 3. The van der Waals surface area contributed by atoms with Crippen LogP contribution in [0.4, 0.5) is 0 Å². The summed E-state index contributed by atoms with van der Waals surface area (Å²) in [6, 6.07) is 4.17. The minimum Gasteiger partial charge on any atom is -0.328 e. The van der Waals surface area contributed by atoms with E-state index in [1.807, 2.05) is 0 Å². The fraction of sp³-hybridized carbons (Fsp3) is 0.647. The summed E-state index contributed by atoms with van der Waals surface area (Å²) in [7, 11) is 0. The van der Waals surface area contributed by atoms with Crippen molar-refractivity contribution in [2.24, 2.45) is 0 Å². The molecule has 2 aromatic heterocycles. The van der Waals surface area contributed by atoms with Gasteiger partial charge in [-0.2, -0.15) is 9.61 Å². The summed E-state index contributed by atoms with van der Waals surface area (Å²) in [4.78, 5) is 12.5. The van der Waals surface area contributed by atoms with E-state index in [2.05, 4.69) is 41.8 Å². The molecule has 1 atom stereocenters. The van der Waals surface area contributed by atoms with Gasteiger partial charge < -0.3 is 9.88 Å². The van der Waals surface area contributed by atoms with E-state index in [9.17, 15) is 4.79 Å². The minimum atomic E-state index is -0.0133. The normalized spacial score (nSPS) is 18.6. The molecule has 5 nitrogen and oxygen atoms in total. The SMILES string of the molecule is CCC(CC)c1cc2n(CC)c(C3CCCN3)cc(=O)n2n1. The lowest BCUT2D eigenvalue weighted by Gasteiger charge is -2.18. The highest BCUT2D eigenvalue weighted by molar-refractivity contribution is 5.43. The summed E-state index contributed by atoms with van der Waals surface area (Å²) in [6.45, 7) is 8.38. The maximum atomic E-state index is 12.5. The molecule has 1 N–H and O–H groups in total. The van der Waals surface area contributed by atoms with Crippen molar-refractivity contribution >= 4 is 5.65 Å². The highest BCUT2D eigenvalue weighted by Gasteiger charge is 2.22. The molecule has 0 saturated carbocycles. The molecule has 0 radical (unpaired) electrons. The van der Waals surface area contributed by atoms with Gasteiger partial charge in [-0.05, 0) is 39.2 Å². The van der Waals surface area contributed by atoms with Gasteiger partial charge in [-0.15, -0.1) is 0 Å². The monoisotopic (exact) mass is 302 g/mol. The molecule has 3 rings (SSSR count). The third-order valence-corrected chi connectivity index (χ3v) is 4.92. The first-order valence-corrected chi connectivity index (χ1v) is 8.56. The van der Waals surface area contributed by atoms with Crippen LogP contribution in [0.25, 0.3) is 5.65 Å². The highest BCUT2D eigenvalue weighted by atomic mass is 16.1. The summed E-state index contributed by atoms with van der Waals surface area (Å²) in [5.41, 5.74) is 3.07. The Hall–Kier alpha value is -1.62. The van der Waals surface area contributed by atoms with Crippen LogP contribution in [0.2, 0.25) is 0 Å². The number of nitrogens with one attached hydrogen (secondary N) is 1. The zero-order valence-corrected chi connectivity index (χ0v) is 13.8. The molecule has 1 aliphatic heterocycles. The Bertz CT molecular complexity index is 705. The predicted octanol–water partition coefficient (Wildman–Crippen LogP) is 2.84. The Morgan fingerprint density at radius 2 is 2.09 bits per heavy atom. The number of aryl methyl sites for hydroxylation is 1. The van der Waals surface area contributed by atoms with Crippen molar-refractivity contribution in [2.45, 2.75) is 65.0 Å². The van der Waals surface area contributed by atoms with Crippen LogP contribution in [0, 0.1) is 0 Å². The van der Waals surface area contributed by atoms with E-state index in [0.29, 0.717) is 12.0 Å². The number of fused-ring (bicyclic) bond motifs is 1. The average Bonchev–Trinajstić information content (AvgIpc) is 3.18. The van der Waals surface area contributed by atoms with Crippen LogP contribution >= 0.6 is 0 Å². The van der Waals surface area contributed by atoms with E-state index in [1.165, 1.54) is 6.42 Å². The van der Waals surface area contributed by atoms with Crippen molar-refractivity contribution in [1.29, 1.82) is 0 Å². The summed E-state index contributed by atoms with van der Waals surface area (Å²) in [5, 5.41) is 8.10. The van der Waals surface area contributed by atoms with Crippen LogP contribution < -0.4 is 10.9 Å². The maximum Gasteiger partial charge on any atom is 0.274 e. The molecule has 1 fully saturated rings. The van der Waals surface area contributed by atoms with Gasteiger partial charge in [0.25, 0.3) is 5.56 Å². The van der Waals surface area contributed by atoms with Gasteiger partial charge in [0.2, 0.25) is 0 Å². The van der Waals surface area contributed by atoms with Crippen molar-refractivity contribution in [3.8, 4) is 0 Å². The Labute approximate surface area is 131 Å². The molecule has 0 aliphatic carbocycles. The van der Waals surface area contributed by atoms with Crippen molar-refractivity contribution in [3.63, 3.8) is 0 Å². The molecular formula is C17H26N4O. The zero-order chi connectivity index (χ0) is 15.7. The van der Waals surface area contributed by atoms with Gasteiger partial charge in [0.15, 0.2) is 0 Å². The first-order valence-electron chi connectivity index (χ1n) is 8.56. The number of hydrogen-bond acceptors (Lipinski definition) is 3. The number of hydrogen-bond donors (Lipinski definition) is 1. The number of rotatable bonds is 5. The lowest BCUT2D eigenvalue weighted by Crippen LogP contribution is -2.25. The van der Waals surface area contributed by atoms with E-state index in [0.717, 1.165) is 49.4 Å². The molecule has 0 amide bonds. The molecule has 2 aromatic rings. The van der Waals surface area contributed by atoms with Crippen molar-refractivity contribution in [2.75, 3.05) is 6.54 Å². The highest BCUT2D eigenvalue weighted by Crippen LogP contribution is 2.26. The first-order chi connectivity index (χ1) is 10.7. The van der Waals surface area contributed by atoms with Crippen molar-refractivity contribution < 1.29 is 0 Å². The third-order valence-electron chi connectivity index (χ3n) is 4.92. The second-order valence-electron chi connectivity index (χ2n) is 6.15. The Kier molecular flexibility index (Phi) is 4.34. The lowest BCUT2D eigenvalue weighted by molar-refractivity contribution is 0.566. The fourth-order valence-electron chi connectivity index (χ4n) is 3.62. The molecule has 1 unspecified atom stereocenters. The predicted molar refractivity (Wildman–Crippen MR) is 88.4 cm³/mol. The van der Waals surface area contributed by atoms with Crippen LogP contribution in [0.15, 0.2) is 16.9 Å². The fourth-order valence-corrected chi connectivity index (χ4v) is 3.62. The molecule has 0 aromatic carbocycles. The van der Waals surface area contributed by atoms with Gasteiger partial charge >= 0.3 is 0 Å². The lowest BCUT2D eigenvalue weighted by atomic mass is 10.00. The topological polar surface area (TPSA) is 51.3 Å². The first kappa shape index (κ1) is 15.3. The summed E-state index contributed by atoms with van der Waals surface area (Å²) < 4.78 is 3.82. The van der Waals surface area contributed by atoms with Crippen LogP contribution in [-0.2, 0) is 6.54 Å². The van der Waals surface area contributed by atoms with E-state index < -0.39 is 0 Å². The van der Waals surface area contributed by atoms with E-state index in [4.69, 9.17) is 0 Å². The van der Waals surface area contributed by atoms with Gasteiger partial charge in [0.1, 0.15) is 5.65 Å².